The van der Waals surface area contributed by atoms with Crippen molar-refractivity contribution in [3.05, 3.63) is 24.3 Å². The highest BCUT2D eigenvalue weighted by Gasteiger charge is 2.23. The molecule has 1 aromatic heterocycles. The number of hydrogen-bond acceptors (Lipinski definition) is 3. The fraction of sp³-hybridized carbons (Fsp3) is 0.533. The minimum atomic E-state index is 0.281. The molecule has 4 heteroatoms. The van der Waals surface area contributed by atoms with Crippen molar-refractivity contribution in [2.75, 3.05) is 24.6 Å². The van der Waals surface area contributed by atoms with Gasteiger partial charge in [0.2, 0.25) is 5.95 Å². The van der Waals surface area contributed by atoms with Crippen LogP contribution in [-0.2, 0) is 6.54 Å². The Kier molecular flexibility index (Phi) is 3.42. The molecule has 2 heterocycles. The Morgan fingerprint density at radius 3 is 3.00 bits per heavy atom. The standard InChI is InChI=1S/C15H21N3O/c1-2-18-14-8-4-3-7-13(14)16-15(18)17-9-5-6-12(10-17)11-19/h3-4,7-8,12,19H,2,5-6,9-11H2,1H3/t12-/m0/s1. The normalized spacial score (nSPS) is 20.1. The SMILES string of the molecule is CCn1c(N2CCC[C@H](CO)C2)nc2ccccc21. The number of aliphatic hydroxyl groups is 1. The van der Waals surface area contributed by atoms with E-state index in [2.05, 4.69) is 34.6 Å². The summed E-state index contributed by atoms with van der Waals surface area (Å²) in [6, 6.07) is 8.29. The van der Waals surface area contributed by atoms with Crippen LogP contribution in [0.2, 0.25) is 0 Å². The summed E-state index contributed by atoms with van der Waals surface area (Å²) < 4.78 is 2.27. The molecule has 1 aliphatic rings. The molecule has 3 rings (SSSR count). The van der Waals surface area contributed by atoms with Crippen LogP contribution in [-0.4, -0.2) is 34.4 Å². The summed E-state index contributed by atoms with van der Waals surface area (Å²) in [5.41, 5.74) is 2.26. The van der Waals surface area contributed by atoms with Gasteiger partial charge in [-0.3, -0.25) is 0 Å². The van der Waals surface area contributed by atoms with Crippen LogP contribution in [0.4, 0.5) is 5.95 Å². The van der Waals surface area contributed by atoms with Crippen molar-refractivity contribution in [3.63, 3.8) is 0 Å². The van der Waals surface area contributed by atoms with Crippen LogP contribution in [0.1, 0.15) is 19.8 Å². The van der Waals surface area contributed by atoms with E-state index in [1.54, 1.807) is 0 Å². The monoisotopic (exact) mass is 259 g/mol. The molecule has 19 heavy (non-hydrogen) atoms. The Hall–Kier alpha value is -1.55. The predicted octanol–water partition coefficient (Wildman–Crippen LogP) is 2.26. The van der Waals surface area contributed by atoms with Gasteiger partial charge in [-0.25, -0.2) is 4.98 Å². The average molecular weight is 259 g/mol. The van der Waals surface area contributed by atoms with Gasteiger partial charge in [-0.2, -0.15) is 0 Å². The maximum absolute atomic E-state index is 9.37. The van der Waals surface area contributed by atoms with Gasteiger partial charge in [0.05, 0.1) is 11.0 Å². The zero-order chi connectivity index (χ0) is 13.2. The summed E-state index contributed by atoms with van der Waals surface area (Å²) in [4.78, 5) is 7.11. The lowest BCUT2D eigenvalue weighted by Gasteiger charge is -2.32. The van der Waals surface area contributed by atoms with Gasteiger partial charge < -0.3 is 14.6 Å². The van der Waals surface area contributed by atoms with Gasteiger partial charge in [-0.15, -0.1) is 0 Å². The van der Waals surface area contributed by atoms with Crippen LogP contribution < -0.4 is 4.90 Å². The molecule has 1 N–H and O–H groups in total. The van der Waals surface area contributed by atoms with Crippen LogP contribution in [0.5, 0.6) is 0 Å². The number of para-hydroxylation sites is 2. The first kappa shape index (κ1) is 12.5. The highest BCUT2D eigenvalue weighted by molar-refractivity contribution is 5.78. The molecular formula is C15H21N3O. The highest BCUT2D eigenvalue weighted by Crippen LogP contribution is 2.26. The maximum atomic E-state index is 9.37. The molecule has 102 valence electrons. The second-order valence-corrected chi connectivity index (χ2v) is 5.28. The van der Waals surface area contributed by atoms with Crippen molar-refractivity contribution in [1.29, 1.82) is 0 Å². The summed E-state index contributed by atoms with van der Waals surface area (Å²) in [5.74, 6) is 1.45. The smallest absolute Gasteiger partial charge is 0.206 e. The van der Waals surface area contributed by atoms with Crippen molar-refractivity contribution in [2.45, 2.75) is 26.3 Å². The van der Waals surface area contributed by atoms with Crippen molar-refractivity contribution in [3.8, 4) is 0 Å². The van der Waals surface area contributed by atoms with E-state index in [0.29, 0.717) is 5.92 Å². The number of hydrogen-bond donors (Lipinski definition) is 1. The number of imidazole rings is 1. The third-order valence-corrected chi connectivity index (χ3v) is 4.01. The molecule has 1 aliphatic heterocycles. The van der Waals surface area contributed by atoms with Gasteiger partial charge in [0, 0.05) is 26.2 Å². The number of benzene rings is 1. The first-order valence-electron chi connectivity index (χ1n) is 7.14. The topological polar surface area (TPSA) is 41.3 Å². The van der Waals surface area contributed by atoms with Crippen molar-refractivity contribution >= 4 is 17.0 Å². The summed E-state index contributed by atoms with van der Waals surface area (Å²) in [6.45, 7) is 5.32. The van der Waals surface area contributed by atoms with Gasteiger partial charge >= 0.3 is 0 Å². The zero-order valence-electron chi connectivity index (χ0n) is 11.4. The molecule has 1 aromatic carbocycles. The number of aryl methyl sites for hydroxylation is 1. The Morgan fingerprint density at radius 1 is 1.37 bits per heavy atom. The highest BCUT2D eigenvalue weighted by atomic mass is 16.3. The summed E-state index contributed by atoms with van der Waals surface area (Å²) in [5, 5.41) is 9.37. The van der Waals surface area contributed by atoms with Crippen LogP contribution in [0, 0.1) is 5.92 Å². The molecule has 0 saturated carbocycles. The van der Waals surface area contributed by atoms with Crippen LogP contribution in [0.15, 0.2) is 24.3 Å². The third kappa shape index (κ3) is 2.21. The molecule has 2 aromatic rings. The van der Waals surface area contributed by atoms with Gasteiger partial charge in [-0.1, -0.05) is 12.1 Å². The van der Waals surface area contributed by atoms with Crippen LogP contribution in [0.3, 0.4) is 0 Å². The Morgan fingerprint density at radius 2 is 2.21 bits per heavy atom. The number of anilines is 1. The van der Waals surface area contributed by atoms with E-state index in [-0.39, 0.29) is 6.61 Å². The number of fused-ring (bicyclic) bond motifs is 1. The molecule has 1 saturated heterocycles. The van der Waals surface area contributed by atoms with E-state index in [4.69, 9.17) is 4.98 Å². The van der Waals surface area contributed by atoms with E-state index >= 15 is 0 Å². The predicted molar refractivity (Wildman–Crippen MR) is 77.4 cm³/mol. The van der Waals surface area contributed by atoms with Crippen LogP contribution in [0.25, 0.3) is 11.0 Å². The van der Waals surface area contributed by atoms with Gasteiger partial charge in [-0.05, 0) is 37.8 Å². The number of aliphatic hydroxyl groups excluding tert-OH is 1. The van der Waals surface area contributed by atoms with E-state index in [1.807, 2.05) is 6.07 Å². The Balaban J connectivity index is 1.99. The second kappa shape index (κ2) is 5.21. The summed E-state index contributed by atoms with van der Waals surface area (Å²) in [7, 11) is 0. The molecular weight excluding hydrogens is 238 g/mol. The van der Waals surface area contributed by atoms with E-state index in [9.17, 15) is 5.11 Å². The number of rotatable bonds is 3. The molecule has 0 bridgehead atoms. The molecule has 1 atom stereocenters. The Bertz CT molecular complexity index is 564. The van der Waals surface area contributed by atoms with E-state index < -0.39 is 0 Å². The zero-order valence-corrected chi connectivity index (χ0v) is 11.4. The van der Waals surface area contributed by atoms with E-state index in [1.165, 1.54) is 5.52 Å². The van der Waals surface area contributed by atoms with Gasteiger partial charge in [0.15, 0.2) is 0 Å². The molecule has 0 aliphatic carbocycles. The molecule has 1 fully saturated rings. The van der Waals surface area contributed by atoms with E-state index in [0.717, 1.165) is 43.9 Å². The number of piperidine rings is 1. The largest absolute Gasteiger partial charge is 0.396 e. The van der Waals surface area contributed by atoms with Crippen molar-refractivity contribution in [1.82, 2.24) is 9.55 Å². The number of aromatic nitrogens is 2. The summed E-state index contributed by atoms with van der Waals surface area (Å²) >= 11 is 0. The van der Waals surface area contributed by atoms with Gasteiger partial charge in [0.25, 0.3) is 0 Å². The first-order valence-corrected chi connectivity index (χ1v) is 7.14. The molecule has 0 spiro atoms. The average Bonchev–Trinajstić information content (AvgIpc) is 2.86. The second-order valence-electron chi connectivity index (χ2n) is 5.28. The fourth-order valence-electron chi connectivity index (χ4n) is 3.01. The quantitative estimate of drug-likeness (QED) is 0.919. The summed E-state index contributed by atoms with van der Waals surface area (Å²) in [6.07, 6.45) is 2.26. The molecule has 4 nitrogen and oxygen atoms in total. The lowest BCUT2D eigenvalue weighted by Crippen LogP contribution is -2.38. The third-order valence-electron chi connectivity index (χ3n) is 4.01. The van der Waals surface area contributed by atoms with Crippen molar-refractivity contribution in [2.24, 2.45) is 5.92 Å². The fourth-order valence-corrected chi connectivity index (χ4v) is 3.01. The maximum Gasteiger partial charge on any atom is 0.206 e. The molecule has 0 radical (unpaired) electrons. The number of nitrogens with zero attached hydrogens (tertiary/aromatic N) is 3. The molecule has 0 amide bonds. The molecule has 0 unspecified atom stereocenters. The first-order chi connectivity index (χ1) is 9.33. The minimum Gasteiger partial charge on any atom is -0.396 e. The lowest BCUT2D eigenvalue weighted by atomic mass is 9.99. The van der Waals surface area contributed by atoms with Gasteiger partial charge in [0.1, 0.15) is 0 Å². The van der Waals surface area contributed by atoms with Crippen molar-refractivity contribution < 1.29 is 5.11 Å². The lowest BCUT2D eigenvalue weighted by molar-refractivity contribution is 0.208. The Labute approximate surface area is 113 Å². The minimum absolute atomic E-state index is 0.281. The van der Waals surface area contributed by atoms with Crippen LogP contribution >= 0.6 is 0 Å².